The van der Waals surface area contributed by atoms with Crippen molar-refractivity contribution in [3.8, 4) is 0 Å². The summed E-state index contributed by atoms with van der Waals surface area (Å²) in [4.78, 5) is 12.3. The van der Waals surface area contributed by atoms with Gasteiger partial charge in [-0.1, -0.05) is 24.6 Å². The molecule has 2 aliphatic rings. The Balaban J connectivity index is 1.36. The van der Waals surface area contributed by atoms with Gasteiger partial charge in [-0.2, -0.15) is 0 Å². The van der Waals surface area contributed by atoms with E-state index in [0.717, 1.165) is 36.6 Å². The number of carbonyl (C=O) groups is 1. The highest BCUT2D eigenvalue weighted by atomic mass is 16.1. The molecule has 1 amide bonds. The first kappa shape index (κ1) is 16.3. The summed E-state index contributed by atoms with van der Waals surface area (Å²) in [6.45, 7) is 1.44. The number of benzene rings is 1. The van der Waals surface area contributed by atoms with Crippen LogP contribution in [0.1, 0.15) is 60.4 Å². The number of nitrogens with one attached hydrogen (secondary N) is 1. The fourth-order valence-electron chi connectivity index (χ4n) is 4.00. The van der Waals surface area contributed by atoms with Crippen molar-refractivity contribution in [1.29, 1.82) is 0 Å². The number of aryl methyl sites for hydroxylation is 3. The molecule has 1 N–H and O–H groups in total. The van der Waals surface area contributed by atoms with Gasteiger partial charge in [0, 0.05) is 13.0 Å². The molecule has 1 aromatic heterocycles. The van der Waals surface area contributed by atoms with Crippen molar-refractivity contribution in [2.45, 2.75) is 70.9 Å². The third kappa shape index (κ3) is 3.75. The van der Waals surface area contributed by atoms with Crippen molar-refractivity contribution < 1.29 is 4.79 Å². The molecule has 0 unspecified atom stereocenters. The Labute approximate surface area is 148 Å². The Morgan fingerprint density at radius 2 is 1.84 bits per heavy atom. The summed E-state index contributed by atoms with van der Waals surface area (Å²) >= 11 is 0. The van der Waals surface area contributed by atoms with Crippen molar-refractivity contribution in [3.05, 3.63) is 46.5 Å². The first-order valence-corrected chi connectivity index (χ1v) is 9.58. The minimum Gasteiger partial charge on any atom is -0.349 e. The number of nitrogens with zero attached hydrogens (tertiary/aromatic N) is 3. The van der Waals surface area contributed by atoms with E-state index in [1.54, 1.807) is 0 Å². The molecule has 5 heteroatoms. The SMILES string of the molecule is O=C(Cc1ccc2c(c1)CCCC2)NCc1nnc2n1CCCCC2. The van der Waals surface area contributed by atoms with E-state index in [4.69, 9.17) is 0 Å². The molecule has 5 nitrogen and oxygen atoms in total. The number of hydrogen-bond donors (Lipinski definition) is 1. The van der Waals surface area contributed by atoms with Crippen LogP contribution < -0.4 is 5.32 Å². The zero-order valence-corrected chi connectivity index (χ0v) is 14.8. The van der Waals surface area contributed by atoms with Crippen LogP contribution in [-0.2, 0) is 43.6 Å². The van der Waals surface area contributed by atoms with Crippen molar-refractivity contribution >= 4 is 5.91 Å². The number of rotatable bonds is 4. The van der Waals surface area contributed by atoms with Gasteiger partial charge in [-0.05, 0) is 55.2 Å². The summed E-state index contributed by atoms with van der Waals surface area (Å²) in [7, 11) is 0. The van der Waals surface area contributed by atoms with Gasteiger partial charge < -0.3 is 9.88 Å². The van der Waals surface area contributed by atoms with Gasteiger partial charge in [0.1, 0.15) is 5.82 Å². The average molecular weight is 338 g/mol. The van der Waals surface area contributed by atoms with E-state index in [0.29, 0.717) is 13.0 Å². The van der Waals surface area contributed by atoms with Crippen LogP contribution in [0.4, 0.5) is 0 Å². The van der Waals surface area contributed by atoms with Crippen LogP contribution in [-0.4, -0.2) is 20.7 Å². The molecular formula is C20H26N4O. The highest BCUT2D eigenvalue weighted by molar-refractivity contribution is 5.78. The smallest absolute Gasteiger partial charge is 0.224 e. The van der Waals surface area contributed by atoms with E-state index in [-0.39, 0.29) is 5.91 Å². The number of amides is 1. The predicted octanol–water partition coefficient (Wildman–Crippen LogP) is 2.74. The maximum Gasteiger partial charge on any atom is 0.224 e. The second-order valence-electron chi connectivity index (χ2n) is 7.26. The topological polar surface area (TPSA) is 59.8 Å². The van der Waals surface area contributed by atoms with Gasteiger partial charge in [0.2, 0.25) is 5.91 Å². The summed E-state index contributed by atoms with van der Waals surface area (Å²) in [6, 6.07) is 6.53. The predicted molar refractivity (Wildman–Crippen MR) is 96.2 cm³/mol. The summed E-state index contributed by atoms with van der Waals surface area (Å²) in [6.07, 6.45) is 9.91. The van der Waals surface area contributed by atoms with Crippen LogP contribution >= 0.6 is 0 Å². The van der Waals surface area contributed by atoms with Crippen molar-refractivity contribution in [3.63, 3.8) is 0 Å². The molecule has 0 spiro atoms. The molecule has 132 valence electrons. The molecule has 0 radical (unpaired) electrons. The van der Waals surface area contributed by atoms with Crippen LogP contribution in [0.15, 0.2) is 18.2 Å². The van der Waals surface area contributed by atoms with Crippen molar-refractivity contribution in [2.75, 3.05) is 0 Å². The standard InChI is InChI=1S/C20H26N4O/c25-20(13-15-9-10-16-6-3-4-7-17(16)12-15)21-14-19-23-22-18-8-2-1-5-11-24(18)19/h9-10,12H,1-8,11,13-14H2,(H,21,25). The second kappa shape index (κ2) is 7.38. The minimum absolute atomic E-state index is 0.0572. The Morgan fingerprint density at radius 3 is 2.76 bits per heavy atom. The lowest BCUT2D eigenvalue weighted by atomic mass is 9.90. The number of fused-ring (bicyclic) bond motifs is 2. The largest absolute Gasteiger partial charge is 0.349 e. The van der Waals surface area contributed by atoms with Crippen LogP contribution in [0.5, 0.6) is 0 Å². The quantitative estimate of drug-likeness (QED) is 0.932. The van der Waals surface area contributed by atoms with E-state index in [1.807, 2.05) is 0 Å². The average Bonchev–Trinajstić information content (AvgIpc) is 2.86. The molecule has 0 atom stereocenters. The van der Waals surface area contributed by atoms with Gasteiger partial charge in [-0.3, -0.25) is 4.79 Å². The van der Waals surface area contributed by atoms with Gasteiger partial charge in [0.15, 0.2) is 5.82 Å². The Morgan fingerprint density at radius 1 is 1.00 bits per heavy atom. The molecule has 0 saturated carbocycles. The molecule has 1 aromatic carbocycles. The van der Waals surface area contributed by atoms with Gasteiger partial charge in [-0.15, -0.1) is 10.2 Å². The van der Waals surface area contributed by atoms with Crippen LogP contribution in [0, 0.1) is 0 Å². The molecule has 0 fully saturated rings. The number of aromatic nitrogens is 3. The summed E-state index contributed by atoms with van der Waals surface area (Å²) in [5, 5.41) is 11.6. The third-order valence-electron chi connectivity index (χ3n) is 5.41. The van der Waals surface area contributed by atoms with E-state index in [2.05, 4.69) is 38.3 Å². The maximum atomic E-state index is 12.3. The minimum atomic E-state index is 0.0572. The van der Waals surface area contributed by atoms with Gasteiger partial charge in [0.25, 0.3) is 0 Å². The van der Waals surface area contributed by atoms with Crippen LogP contribution in [0.2, 0.25) is 0 Å². The molecule has 2 aromatic rings. The maximum absolute atomic E-state index is 12.3. The fourth-order valence-corrected chi connectivity index (χ4v) is 4.00. The van der Waals surface area contributed by atoms with Crippen LogP contribution in [0.25, 0.3) is 0 Å². The summed E-state index contributed by atoms with van der Waals surface area (Å²) in [5.74, 6) is 2.01. The highest BCUT2D eigenvalue weighted by Gasteiger charge is 2.15. The summed E-state index contributed by atoms with van der Waals surface area (Å²) in [5.41, 5.74) is 4.00. The van der Waals surface area contributed by atoms with E-state index < -0.39 is 0 Å². The van der Waals surface area contributed by atoms with Gasteiger partial charge in [-0.25, -0.2) is 0 Å². The molecule has 0 bridgehead atoms. The number of carbonyl (C=O) groups excluding carboxylic acids is 1. The van der Waals surface area contributed by atoms with Crippen LogP contribution in [0.3, 0.4) is 0 Å². The van der Waals surface area contributed by atoms with E-state index >= 15 is 0 Å². The lowest BCUT2D eigenvalue weighted by Gasteiger charge is -2.16. The molecule has 0 saturated heterocycles. The lowest BCUT2D eigenvalue weighted by molar-refractivity contribution is -0.120. The second-order valence-corrected chi connectivity index (χ2v) is 7.26. The molecule has 2 heterocycles. The van der Waals surface area contributed by atoms with Crippen molar-refractivity contribution in [1.82, 2.24) is 20.1 Å². The molecule has 4 rings (SSSR count). The Kier molecular flexibility index (Phi) is 4.81. The lowest BCUT2D eigenvalue weighted by Crippen LogP contribution is -2.26. The molecular weight excluding hydrogens is 312 g/mol. The van der Waals surface area contributed by atoms with E-state index in [1.165, 1.54) is 49.7 Å². The Hall–Kier alpha value is -2.17. The fraction of sp³-hybridized carbons (Fsp3) is 0.550. The Bertz CT molecular complexity index is 765. The normalized spacial score (nSPS) is 16.6. The zero-order chi connectivity index (χ0) is 17.1. The molecule has 25 heavy (non-hydrogen) atoms. The third-order valence-corrected chi connectivity index (χ3v) is 5.41. The molecule has 1 aliphatic carbocycles. The zero-order valence-electron chi connectivity index (χ0n) is 14.8. The van der Waals surface area contributed by atoms with Gasteiger partial charge in [0.05, 0.1) is 13.0 Å². The first-order chi connectivity index (χ1) is 12.3. The first-order valence-electron chi connectivity index (χ1n) is 9.58. The van der Waals surface area contributed by atoms with Crippen molar-refractivity contribution in [2.24, 2.45) is 0 Å². The summed E-state index contributed by atoms with van der Waals surface area (Å²) < 4.78 is 2.19. The van der Waals surface area contributed by atoms with Gasteiger partial charge >= 0.3 is 0 Å². The molecule has 1 aliphatic heterocycles. The monoisotopic (exact) mass is 338 g/mol. The van der Waals surface area contributed by atoms with E-state index in [9.17, 15) is 4.79 Å². The number of hydrogen-bond acceptors (Lipinski definition) is 3. The highest BCUT2D eigenvalue weighted by Crippen LogP contribution is 2.22.